The normalized spacial score (nSPS) is 10.7. The fourth-order valence-corrected chi connectivity index (χ4v) is 4.26. The van der Waals surface area contributed by atoms with Gasteiger partial charge in [0.1, 0.15) is 10.0 Å². The molecule has 0 fully saturated rings. The Kier molecular flexibility index (Phi) is 6.21. The summed E-state index contributed by atoms with van der Waals surface area (Å²) in [6.07, 6.45) is 3.98. The zero-order valence-corrected chi connectivity index (χ0v) is 16.8. The minimum absolute atomic E-state index is 0.835. The number of nitrogens with zero attached hydrogens (tertiary/aromatic N) is 4. The summed E-state index contributed by atoms with van der Waals surface area (Å²) in [5, 5.41) is 27.4. The number of aryl methyl sites for hydroxylation is 2. The van der Waals surface area contributed by atoms with Crippen LogP contribution in [0.5, 0.6) is 0 Å². The molecule has 0 radical (unpaired) electrons. The molecule has 0 atom stereocenters. The van der Waals surface area contributed by atoms with Gasteiger partial charge in [-0.2, -0.15) is 0 Å². The zero-order valence-electron chi connectivity index (χ0n) is 15.2. The molecule has 0 saturated heterocycles. The van der Waals surface area contributed by atoms with Crippen LogP contribution in [-0.2, 0) is 12.8 Å². The van der Waals surface area contributed by atoms with Crippen molar-refractivity contribution in [1.82, 2.24) is 20.4 Å². The van der Waals surface area contributed by atoms with Gasteiger partial charge >= 0.3 is 0 Å². The Hall–Kier alpha value is -2.84. The van der Waals surface area contributed by atoms with Crippen molar-refractivity contribution in [2.24, 2.45) is 0 Å². The van der Waals surface area contributed by atoms with Gasteiger partial charge in [0.05, 0.1) is 0 Å². The molecule has 0 amide bonds. The van der Waals surface area contributed by atoms with Crippen LogP contribution in [0.2, 0.25) is 0 Å². The van der Waals surface area contributed by atoms with E-state index in [-0.39, 0.29) is 0 Å². The lowest BCUT2D eigenvalue weighted by atomic mass is 10.2. The van der Waals surface area contributed by atoms with Crippen molar-refractivity contribution in [3.05, 3.63) is 70.7 Å². The fourth-order valence-electron chi connectivity index (χ4n) is 2.65. The molecular weight excluding hydrogens is 388 g/mol. The number of anilines is 4. The third-order valence-corrected chi connectivity index (χ3v) is 5.81. The van der Waals surface area contributed by atoms with Gasteiger partial charge in [-0.1, -0.05) is 59.1 Å². The molecule has 0 bridgehead atoms. The van der Waals surface area contributed by atoms with Gasteiger partial charge in [-0.05, 0) is 37.1 Å². The van der Waals surface area contributed by atoms with Crippen LogP contribution < -0.4 is 10.6 Å². The van der Waals surface area contributed by atoms with Crippen LogP contribution in [0.4, 0.5) is 21.6 Å². The van der Waals surface area contributed by atoms with Crippen molar-refractivity contribution in [3.63, 3.8) is 0 Å². The van der Waals surface area contributed by atoms with E-state index in [2.05, 4.69) is 31.0 Å². The molecule has 6 nitrogen and oxygen atoms in total. The van der Waals surface area contributed by atoms with Crippen molar-refractivity contribution in [2.75, 3.05) is 10.6 Å². The highest BCUT2D eigenvalue weighted by atomic mass is 32.1. The Labute approximate surface area is 171 Å². The number of para-hydroxylation sites is 2. The number of nitrogens with one attached hydrogen (secondary N) is 2. The molecule has 2 N–H and O–H groups in total. The maximum absolute atomic E-state index is 4.28. The number of rotatable bonds is 9. The maximum atomic E-state index is 4.28. The smallest absolute Gasteiger partial charge is 0.210 e. The molecule has 4 aromatic rings. The Balaban J connectivity index is 1.20. The second-order valence-corrected chi connectivity index (χ2v) is 8.32. The first-order valence-electron chi connectivity index (χ1n) is 9.14. The first-order chi connectivity index (χ1) is 13.8. The molecule has 2 aromatic carbocycles. The number of benzene rings is 2. The predicted octanol–water partition coefficient (Wildman–Crippen LogP) is 5.44. The molecule has 4 rings (SSSR count). The maximum Gasteiger partial charge on any atom is 0.210 e. The molecule has 28 heavy (non-hydrogen) atoms. The van der Waals surface area contributed by atoms with Crippen molar-refractivity contribution < 1.29 is 0 Å². The molecule has 142 valence electrons. The first kappa shape index (κ1) is 18.5. The standard InChI is InChI=1S/C20H20N6S2/c1-3-9-15(10-4-1)21-19-25-23-17(27-19)13-7-8-14-18-24-26-20(28-18)22-16-11-5-2-6-12-16/h1-6,9-12H,7-8,13-14H2,(H,21,25)(H,22,26). The molecule has 2 heterocycles. The molecule has 0 aliphatic rings. The van der Waals surface area contributed by atoms with E-state index in [1.807, 2.05) is 60.7 Å². The van der Waals surface area contributed by atoms with Crippen LogP contribution >= 0.6 is 22.7 Å². The largest absolute Gasteiger partial charge is 0.330 e. The summed E-state index contributed by atoms with van der Waals surface area (Å²) < 4.78 is 0. The minimum atomic E-state index is 0.835. The molecule has 0 aliphatic heterocycles. The Bertz CT molecular complexity index is 902. The third-order valence-electron chi connectivity index (χ3n) is 4.02. The number of unbranched alkanes of at least 4 members (excludes halogenated alkanes) is 1. The summed E-state index contributed by atoms with van der Waals surface area (Å²) in [5.74, 6) is 0. The molecular formula is C20H20N6S2. The summed E-state index contributed by atoms with van der Waals surface area (Å²) in [7, 11) is 0. The minimum Gasteiger partial charge on any atom is -0.330 e. The van der Waals surface area contributed by atoms with Crippen LogP contribution in [0.15, 0.2) is 60.7 Å². The van der Waals surface area contributed by atoms with Gasteiger partial charge in [-0.25, -0.2) is 0 Å². The highest BCUT2D eigenvalue weighted by Crippen LogP contribution is 2.23. The number of aromatic nitrogens is 4. The quantitative estimate of drug-likeness (QED) is 0.359. The van der Waals surface area contributed by atoms with Crippen molar-refractivity contribution in [1.29, 1.82) is 0 Å². The number of hydrogen-bond donors (Lipinski definition) is 2. The molecule has 2 aromatic heterocycles. The van der Waals surface area contributed by atoms with E-state index in [1.54, 1.807) is 22.7 Å². The third kappa shape index (κ3) is 5.34. The van der Waals surface area contributed by atoms with Crippen LogP contribution in [0.1, 0.15) is 22.9 Å². The van der Waals surface area contributed by atoms with E-state index in [0.717, 1.165) is 57.3 Å². The Morgan fingerprint density at radius 3 is 1.43 bits per heavy atom. The first-order valence-corrected chi connectivity index (χ1v) is 10.8. The van der Waals surface area contributed by atoms with E-state index in [1.165, 1.54) is 0 Å². The lowest BCUT2D eigenvalue weighted by Gasteiger charge is -1.99. The van der Waals surface area contributed by atoms with Gasteiger partial charge in [0.15, 0.2) is 0 Å². The van der Waals surface area contributed by atoms with Crippen LogP contribution in [-0.4, -0.2) is 20.4 Å². The van der Waals surface area contributed by atoms with Gasteiger partial charge < -0.3 is 10.6 Å². The average Bonchev–Trinajstić information content (AvgIpc) is 3.36. The molecule has 8 heteroatoms. The van der Waals surface area contributed by atoms with Crippen molar-refractivity contribution >= 4 is 44.3 Å². The zero-order chi connectivity index (χ0) is 19.0. The highest BCUT2D eigenvalue weighted by molar-refractivity contribution is 7.15. The topological polar surface area (TPSA) is 75.6 Å². The monoisotopic (exact) mass is 408 g/mol. The van der Waals surface area contributed by atoms with Crippen molar-refractivity contribution in [3.8, 4) is 0 Å². The second-order valence-electron chi connectivity index (χ2n) is 6.19. The van der Waals surface area contributed by atoms with Crippen LogP contribution in [0, 0.1) is 0 Å². The van der Waals surface area contributed by atoms with Crippen LogP contribution in [0.3, 0.4) is 0 Å². The SMILES string of the molecule is c1ccc(Nc2nnc(CCCCc3nnc(Nc4ccccc4)s3)s2)cc1. The van der Waals surface area contributed by atoms with E-state index in [9.17, 15) is 0 Å². The van der Waals surface area contributed by atoms with Gasteiger partial charge in [-0.15, -0.1) is 20.4 Å². The van der Waals surface area contributed by atoms with Crippen molar-refractivity contribution in [2.45, 2.75) is 25.7 Å². The Morgan fingerprint density at radius 2 is 1.00 bits per heavy atom. The summed E-state index contributed by atoms with van der Waals surface area (Å²) >= 11 is 3.22. The highest BCUT2D eigenvalue weighted by Gasteiger charge is 2.07. The predicted molar refractivity (Wildman–Crippen MR) is 116 cm³/mol. The van der Waals surface area contributed by atoms with E-state index in [4.69, 9.17) is 0 Å². The fraction of sp³-hybridized carbons (Fsp3) is 0.200. The van der Waals surface area contributed by atoms with E-state index >= 15 is 0 Å². The lowest BCUT2D eigenvalue weighted by molar-refractivity contribution is 0.718. The van der Waals surface area contributed by atoms with Crippen LogP contribution in [0.25, 0.3) is 0 Å². The summed E-state index contributed by atoms with van der Waals surface area (Å²) in [6.45, 7) is 0. The average molecular weight is 409 g/mol. The van der Waals surface area contributed by atoms with E-state index < -0.39 is 0 Å². The van der Waals surface area contributed by atoms with Gasteiger partial charge in [0.25, 0.3) is 0 Å². The van der Waals surface area contributed by atoms with Gasteiger partial charge in [0.2, 0.25) is 10.3 Å². The van der Waals surface area contributed by atoms with Gasteiger partial charge in [-0.3, -0.25) is 0 Å². The summed E-state index contributed by atoms with van der Waals surface area (Å²) in [4.78, 5) is 0. The molecule has 0 unspecified atom stereocenters. The lowest BCUT2D eigenvalue weighted by Crippen LogP contribution is -1.89. The van der Waals surface area contributed by atoms with E-state index in [0.29, 0.717) is 0 Å². The summed E-state index contributed by atoms with van der Waals surface area (Å²) in [5.41, 5.74) is 2.06. The molecule has 0 aliphatic carbocycles. The number of hydrogen-bond acceptors (Lipinski definition) is 8. The van der Waals surface area contributed by atoms with Gasteiger partial charge in [0, 0.05) is 24.2 Å². The molecule has 0 spiro atoms. The molecule has 0 saturated carbocycles. The Morgan fingerprint density at radius 1 is 0.571 bits per heavy atom. The summed E-state index contributed by atoms with van der Waals surface area (Å²) in [6, 6.07) is 20.1. The second kappa shape index (κ2) is 9.38.